The summed E-state index contributed by atoms with van der Waals surface area (Å²) in [7, 11) is -3.76. The number of nitrogens with one attached hydrogen (secondary N) is 2. The highest BCUT2D eigenvalue weighted by Gasteiger charge is 2.15. The minimum Gasteiger partial charge on any atom is -0.355 e. The molecule has 1 aromatic rings. The molecule has 0 radical (unpaired) electrons. The predicted octanol–water partition coefficient (Wildman–Crippen LogP) is -0.240. The molecule has 0 saturated heterocycles. The van der Waals surface area contributed by atoms with Crippen LogP contribution in [0.2, 0.25) is 0 Å². The molecule has 124 valence electrons. The Balaban J connectivity index is 0.00000441. The number of amides is 1. The Morgan fingerprint density at radius 3 is 2.32 bits per heavy atom. The van der Waals surface area contributed by atoms with Gasteiger partial charge < -0.3 is 11.1 Å². The van der Waals surface area contributed by atoms with Crippen LogP contribution in [0.15, 0.2) is 29.2 Å². The Kier molecular flexibility index (Phi) is 8.56. The number of carbonyl (C=O) groups excluding carboxylic acids is 1. The highest BCUT2D eigenvalue weighted by atomic mass is 35.5. The van der Waals surface area contributed by atoms with Crippen LogP contribution in [0.5, 0.6) is 0 Å². The minimum atomic E-state index is -3.76. The van der Waals surface area contributed by atoms with Crippen molar-refractivity contribution in [2.45, 2.75) is 11.3 Å². The lowest BCUT2D eigenvalue weighted by molar-refractivity contribution is -0.384. The molecule has 1 rings (SSSR count). The maximum absolute atomic E-state index is 11.9. The van der Waals surface area contributed by atoms with E-state index in [4.69, 9.17) is 5.73 Å². The van der Waals surface area contributed by atoms with Crippen LogP contribution in [-0.2, 0) is 14.8 Å². The fraction of sp³-hybridized carbons (Fsp3) is 0.364. The van der Waals surface area contributed by atoms with E-state index in [0.717, 1.165) is 24.3 Å². The fourth-order valence-electron chi connectivity index (χ4n) is 1.44. The number of non-ortho nitro benzene ring substituents is 1. The first-order valence-corrected chi connectivity index (χ1v) is 7.56. The van der Waals surface area contributed by atoms with E-state index in [1.807, 2.05) is 0 Å². The van der Waals surface area contributed by atoms with Crippen molar-refractivity contribution >= 4 is 34.0 Å². The SMILES string of the molecule is Cl.NCCC(=O)NCCNS(=O)(=O)c1ccc([N+](=O)[O-])cc1. The van der Waals surface area contributed by atoms with Crippen molar-refractivity contribution in [3.05, 3.63) is 34.4 Å². The monoisotopic (exact) mass is 352 g/mol. The molecule has 0 aromatic heterocycles. The van der Waals surface area contributed by atoms with Crippen LogP contribution in [-0.4, -0.2) is 38.9 Å². The van der Waals surface area contributed by atoms with Gasteiger partial charge in [0.25, 0.3) is 5.69 Å². The van der Waals surface area contributed by atoms with Crippen molar-refractivity contribution < 1.29 is 18.1 Å². The van der Waals surface area contributed by atoms with Gasteiger partial charge in [-0.1, -0.05) is 0 Å². The molecule has 1 amide bonds. The van der Waals surface area contributed by atoms with E-state index in [2.05, 4.69) is 10.0 Å². The third kappa shape index (κ3) is 6.35. The van der Waals surface area contributed by atoms with E-state index in [1.165, 1.54) is 0 Å². The number of sulfonamides is 1. The molecular formula is C11H17ClN4O5S. The molecule has 0 bridgehead atoms. The molecule has 0 fully saturated rings. The van der Waals surface area contributed by atoms with Crippen LogP contribution in [0.1, 0.15) is 6.42 Å². The fourth-order valence-corrected chi connectivity index (χ4v) is 2.47. The molecule has 0 aliphatic rings. The highest BCUT2D eigenvalue weighted by Crippen LogP contribution is 2.15. The van der Waals surface area contributed by atoms with Gasteiger partial charge in [-0.05, 0) is 12.1 Å². The van der Waals surface area contributed by atoms with Gasteiger partial charge >= 0.3 is 0 Å². The maximum Gasteiger partial charge on any atom is 0.269 e. The normalized spacial score (nSPS) is 10.6. The summed E-state index contributed by atoms with van der Waals surface area (Å²) in [5.41, 5.74) is 5.00. The number of nitro groups is 1. The van der Waals surface area contributed by atoms with Gasteiger partial charge in [-0.15, -0.1) is 12.4 Å². The molecule has 0 aliphatic heterocycles. The average molecular weight is 353 g/mol. The molecule has 11 heteroatoms. The van der Waals surface area contributed by atoms with Crippen molar-refractivity contribution in [3.63, 3.8) is 0 Å². The summed E-state index contributed by atoms with van der Waals surface area (Å²) in [6, 6.07) is 4.51. The second-order valence-electron chi connectivity index (χ2n) is 4.04. The van der Waals surface area contributed by atoms with Gasteiger partial charge in [-0.3, -0.25) is 14.9 Å². The molecule has 22 heavy (non-hydrogen) atoms. The Morgan fingerprint density at radius 1 is 1.23 bits per heavy atom. The number of carbonyl (C=O) groups is 1. The second kappa shape index (κ2) is 9.30. The van der Waals surface area contributed by atoms with Gasteiger partial charge in [0.15, 0.2) is 0 Å². The largest absolute Gasteiger partial charge is 0.355 e. The number of hydrogen-bond acceptors (Lipinski definition) is 6. The first kappa shape index (κ1) is 20.2. The van der Waals surface area contributed by atoms with Gasteiger partial charge in [0.05, 0.1) is 9.82 Å². The van der Waals surface area contributed by atoms with Gasteiger partial charge in [0.2, 0.25) is 15.9 Å². The van der Waals surface area contributed by atoms with Gasteiger partial charge in [-0.2, -0.15) is 0 Å². The Labute approximate surface area is 133 Å². The number of halogens is 1. The summed E-state index contributed by atoms with van der Waals surface area (Å²) in [5.74, 6) is -0.257. The molecule has 0 unspecified atom stereocenters. The lowest BCUT2D eigenvalue weighted by Gasteiger charge is -2.07. The van der Waals surface area contributed by atoms with Crippen molar-refractivity contribution in [1.82, 2.24) is 10.0 Å². The summed E-state index contributed by atoms with van der Waals surface area (Å²) in [5, 5.41) is 13.0. The number of benzene rings is 1. The van der Waals surface area contributed by atoms with Crippen molar-refractivity contribution in [2.24, 2.45) is 5.73 Å². The topological polar surface area (TPSA) is 144 Å². The molecule has 0 heterocycles. The summed E-state index contributed by atoms with van der Waals surface area (Å²) in [4.78, 5) is 20.9. The zero-order chi connectivity index (χ0) is 15.9. The van der Waals surface area contributed by atoms with E-state index in [9.17, 15) is 23.3 Å². The van der Waals surface area contributed by atoms with Gasteiger partial charge in [0.1, 0.15) is 0 Å². The summed E-state index contributed by atoms with van der Waals surface area (Å²) in [6.45, 7) is 0.362. The van der Waals surface area contributed by atoms with Crippen LogP contribution in [0.3, 0.4) is 0 Å². The van der Waals surface area contributed by atoms with Crippen LogP contribution < -0.4 is 15.8 Å². The standard InChI is InChI=1S/C11H16N4O5S.ClH/c12-6-5-11(16)13-7-8-14-21(19,20)10-3-1-9(2-4-10)15(17)18;/h1-4,14H,5-8,12H2,(H,13,16);1H. The molecular weight excluding hydrogens is 336 g/mol. The Morgan fingerprint density at radius 2 is 1.82 bits per heavy atom. The average Bonchev–Trinajstić information content (AvgIpc) is 2.44. The zero-order valence-corrected chi connectivity index (χ0v) is 13.2. The van der Waals surface area contributed by atoms with Crippen molar-refractivity contribution in [3.8, 4) is 0 Å². The van der Waals surface area contributed by atoms with E-state index in [-0.39, 0.29) is 55.0 Å². The highest BCUT2D eigenvalue weighted by molar-refractivity contribution is 7.89. The molecule has 1 aromatic carbocycles. The van der Waals surface area contributed by atoms with Crippen LogP contribution >= 0.6 is 12.4 Å². The molecule has 0 spiro atoms. The van der Waals surface area contributed by atoms with Crippen molar-refractivity contribution in [2.75, 3.05) is 19.6 Å². The number of nitro benzene ring substituents is 1. The zero-order valence-electron chi connectivity index (χ0n) is 11.5. The predicted molar refractivity (Wildman–Crippen MR) is 82.2 cm³/mol. The lowest BCUT2D eigenvalue weighted by Crippen LogP contribution is -2.35. The van der Waals surface area contributed by atoms with E-state index < -0.39 is 14.9 Å². The maximum atomic E-state index is 11.9. The van der Waals surface area contributed by atoms with Crippen molar-refractivity contribution in [1.29, 1.82) is 0 Å². The molecule has 0 aliphatic carbocycles. The minimum absolute atomic E-state index is 0. The third-order valence-corrected chi connectivity index (χ3v) is 3.95. The lowest BCUT2D eigenvalue weighted by atomic mass is 10.3. The number of rotatable bonds is 8. The first-order valence-electron chi connectivity index (χ1n) is 6.07. The first-order chi connectivity index (χ1) is 9.86. The number of nitrogens with zero attached hydrogens (tertiary/aromatic N) is 1. The quantitative estimate of drug-likeness (QED) is 0.334. The third-order valence-electron chi connectivity index (χ3n) is 2.47. The summed E-state index contributed by atoms with van der Waals surface area (Å²) >= 11 is 0. The Hall–Kier alpha value is -1.75. The number of hydrogen-bond donors (Lipinski definition) is 3. The molecule has 9 nitrogen and oxygen atoms in total. The van der Waals surface area contributed by atoms with Crippen LogP contribution in [0.4, 0.5) is 5.69 Å². The van der Waals surface area contributed by atoms with E-state index in [1.54, 1.807) is 0 Å². The van der Waals surface area contributed by atoms with Crippen LogP contribution in [0, 0.1) is 10.1 Å². The second-order valence-corrected chi connectivity index (χ2v) is 5.80. The molecule has 4 N–H and O–H groups in total. The van der Waals surface area contributed by atoms with Gasteiger partial charge in [0, 0.05) is 38.2 Å². The van der Waals surface area contributed by atoms with E-state index >= 15 is 0 Å². The summed E-state index contributed by atoms with van der Waals surface area (Å²) in [6.07, 6.45) is 0.176. The summed E-state index contributed by atoms with van der Waals surface area (Å²) < 4.78 is 26.0. The Bertz CT molecular complexity index is 605. The molecule has 0 atom stereocenters. The van der Waals surface area contributed by atoms with E-state index in [0.29, 0.717) is 0 Å². The molecule has 0 saturated carbocycles. The smallest absolute Gasteiger partial charge is 0.269 e. The van der Waals surface area contributed by atoms with Gasteiger partial charge in [-0.25, -0.2) is 13.1 Å². The number of nitrogens with two attached hydrogens (primary N) is 1. The van der Waals surface area contributed by atoms with Crippen LogP contribution in [0.25, 0.3) is 0 Å².